The Morgan fingerprint density at radius 2 is 1.67 bits per heavy atom. The van der Waals surface area contributed by atoms with Gasteiger partial charge in [-0.15, -0.1) is 0 Å². The summed E-state index contributed by atoms with van der Waals surface area (Å²) in [5.41, 5.74) is 0. The van der Waals surface area contributed by atoms with Crippen molar-refractivity contribution in [3.8, 4) is 0 Å². The molecule has 3 heteroatoms. The number of carbonyl (C=O) groups is 1. The van der Waals surface area contributed by atoms with Gasteiger partial charge >= 0.3 is 0 Å². The molecule has 0 bridgehead atoms. The molecule has 0 aromatic rings. The van der Waals surface area contributed by atoms with Crippen molar-refractivity contribution in [2.45, 2.75) is 65.7 Å². The fourth-order valence-corrected chi connectivity index (χ4v) is 1.86. The Hall–Kier alpha value is -0.570. The van der Waals surface area contributed by atoms with Gasteiger partial charge in [0.15, 0.2) is 0 Å². The van der Waals surface area contributed by atoms with E-state index in [9.17, 15) is 4.79 Å². The maximum Gasteiger partial charge on any atom is 0.245 e. The summed E-state index contributed by atoms with van der Waals surface area (Å²) in [6.45, 7) is 8.05. The summed E-state index contributed by atoms with van der Waals surface area (Å²) in [6, 6.07) is 0. The summed E-state index contributed by atoms with van der Waals surface area (Å²) in [5.74, 6) is 0.847. The standard InChI is InChI=1S/C15H31NO2/c1-4-18-13-15(17)16-12-10-8-6-5-7-9-11-14(2)3/h14H,4-13H2,1-3H3,(H,16,17). The van der Waals surface area contributed by atoms with Crippen LogP contribution in [0.15, 0.2) is 0 Å². The van der Waals surface area contributed by atoms with Crippen LogP contribution in [0, 0.1) is 5.92 Å². The van der Waals surface area contributed by atoms with Gasteiger partial charge in [0, 0.05) is 13.2 Å². The van der Waals surface area contributed by atoms with E-state index in [0.29, 0.717) is 6.61 Å². The van der Waals surface area contributed by atoms with Gasteiger partial charge in [-0.1, -0.05) is 52.4 Å². The molecule has 0 heterocycles. The summed E-state index contributed by atoms with van der Waals surface area (Å²) in [4.78, 5) is 11.2. The molecule has 0 saturated carbocycles. The Bertz CT molecular complexity index is 193. The second kappa shape index (κ2) is 12.9. The topological polar surface area (TPSA) is 38.3 Å². The molecule has 0 unspecified atom stereocenters. The van der Waals surface area contributed by atoms with Gasteiger partial charge in [0.05, 0.1) is 0 Å². The van der Waals surface area contributed by atoms with Gasteiger partial charge in [0.2, 0.25) is 5.91 Å². The second-order valence-corrected chi connectivity index (χ2v) is 5.29. The van der Waals surface area contributed by atoms with Gasteiger partial charge < -0.3 is 10.1 Å². The Kier molecular flexibility index (Phi) is 12.5. The van der Waals surface area contributed by atoms with Crippen LogP contribution in [0.3, 0.4) is 0 Å². The Morgan fingerprint density at radius 3 is 2.28 bits per heavy atom. The van der Waals surface area contributed by atoms with E-state index in [1.54, 1.807) is 0 Å². The van der Waals surface area contributed by atoms with Gasteiger partial charge in [-0.25, -0.2) is 0 Å². The largest absolute Gasteiger partial charge is 0.372 e. The molecule has 0 aromatic carbocycles. The predicted octanol–water partition coefficient (Wildman–Crippen LogP) is 3.53. The van der Waals surface area contributed by atoms with Crippen molar-refractivity contribution in [2.75, 3.05) is 19.8 Å². The number of hydrogen-bond acceptors (Lipinski definition) is 2. The van der Waals surface area contributed by atoms with Crippen LogP contribution in [0.2, 0.25) is 0 Å². The fourth-order valence-electron chi connectivity index (χ4n) is 1.86. The molecule has 0 spiro atoms. The smallest absolute Gasteiger partial charge is 0.245 e. The predicted molar refractivity (Wildman–Crippen MR) is 76.7 cm³/mol. The van der Waals surface area contributed by atoms with Gasteiger partial charge in [-0.2, -0.15) is 0 Å². The quantitative estimate of drug-likeness (QED) is 0.543. The molecule has 0 atom stereocenters. The fraction of sp³-hybridized carbons (Fsp3) is 0.933. The number of amides is 1. The molecule has 0 saturated heterocycles. The maximum atomic E-state index is 11.2. The zero-order valence-electron chi connectivity index (χ0n) is 12.5. The molecule has 3 nitrogen and oxygen atoms in total. The molecule has 108 valence electrons. The lowest BCUT2D eigenvalue weighted by Gasteiger charge is -2.06. The molecule has 18 heavy (non-hydrogen) atoms. The Balaban J connectivity index is 3.09. The Morgan fingerprint density at radius 1 is 1.06 bits per heavy atom. The van der Waals surface area contributed by atoms with Crippen molar-refractivity contribution in [3.05, 3.63) is 0 Å². The lowest BCUT2D eigenvalue weighted by atomic mass is 10.0. The number of rotatable bonds is 12. The molecule has 1 amide bonds. The van der Waals surface area contributed by atoms with E-state index < -0.39 is 0 Å². The van der Waals surface area contributed by atoms with Gasteiger partial charge in [-0.05, 0) is 19.3 Å². The van der Waals surface area contributed by atoms with Gasteiger partial charge in [0.25, 0.3) is 0 Å². The maximum absolute atomic E-state index is 11.2. The van der Waals surface area contributed by atoms with E-state index in [1.807, 2.05) is 6.92 Å². The highest BCUT2D eigenvalue weighted by molar-refractivity contribution is 5.77. The first kappa shape index (κ1) is 17.4. The van der Waals surface area contributed by atoms with Crippen LogP contribution in [-0.2, 0) is 9.53 Å². The molecule has 0 aliphatic heterocycles. The molecular weight excluding hydrogens is 226 g/mol. The van der Waals surface area contributed by atoms with Crippen LogP contribution in [0.5, 0.6) is 0 Å². The summed E-state index contributed by atoms with van der Waals surface area (Å²) in [6.07, 6.45) is 9.00. The first-order valence-electron chi connectivity index (χ1n) is 7.51. The van der Waals surface area contributed by atoms with Crippen LogP contribution < -0.4 is 5.32 Å². The minimum absolute atomic E-state index is 0.00813. The van der Waals surface area contributed by atoms with E-state index in [4.69, 9.17) is 4.74 Å². The van der Waals surface area contributed by atoms with E-state index in [1.165, 1.54) is 38.5 Å². The molecule has 0 fully saturated rings. The van der Waals surface area contributed by atoms with E-state index in [-0.39, 0.29) is 12.5 Å². The number of nitrogens with one attached hydrogen (secondary N) is 1. The minimum atomic E-state index is 0.00813. The SMILES string of the molecule is CCOCC(=O)NCCCCCCCCC(C)C. The van der Waals surface area contributed by atoms with Gasteiger partial charge in [-0.3, -0.25) is 4.79 Å². The second-order valence-electron chi connectivity index (χ2n) is 5.29. The van der Waals surface area contributed by atoms with Crippen LogP contribution in [-0.4, -0.2) is 25.7 Å². The number of hydrogen-bond donors (Lipinski definition) is 1. The van der Waals surface area contributed by atoms with Crippen molar-refractivity contribution in [2.24, 2.45) is 5.92 Å². The van der Waals surface area contributed by atoms with Crippen LogP contribution in [0.4, 0.5) is 0 Å². The third kappa shape index (κ3) is 13.5. The summed E-state index contributed by atoms with van der Waals surface area (Å²) >= 11 is 0. The summed E-state index contributed by atoms with van der Waals surface area (Å²) in [7, 11) is 0. The van der Waals surface area contributed by atoms with Crippen molar-refractivity contribution in [3.63, 3.8) is 0 Å². The van der Waals surface area contributed by atoms with Crippen molar-refractivity contribution in [1.82, 2.24) is 5.32 Å². The Labute approximate surface area is 113 Å². The molecule has 0 aliphatic rings. The number of ether oxygens (including phenoxy) is 1. The lowest BCUT2D eigenvalue weighted by molar-refractivity contribution is -0.125. The van der Waals surface area contributed by atoms with Crippen LogP contribution in [0.1, 0.15) is 65.7 Å². The highest BCUT2D eigenvalue weighted by atomic mass is 16.5. The molecule has 1 N–H and O–H groups in total. The first-order chi connectivity index (χ1) is 8.66. The summed E-state index contributed by atoms with van der Waals surface area (Å²) < 4.78 is 5.02. The lowest BCUT2D eigenvalue weighted by Crippen LogP contribution is -2.28. The highest BCUT2D eigenvalue weighted by Gasteiger charge is 1.99. The first-order valence-corrected chi connectivity index (χ1v) is 7.51. The third-order valence-corrected chi connectivity index (χ3v) is 2.97. The average molecular weight is 257 g/mol. The normalized spacial score (nSPS) is 10.9. The van der Waals surface area contributed by atoms with Crippen molar-refractivity contribution < 1.29 is 9.53 Å². The van der Waals surface area contributed by atoms with Crippen LogP contribution in [0.25, 0.3) is 0 Å². The number of carbonyl (C=O) groups excluding carboxylic acids is 1. The average Bonchev–Trinajstić information content (AvgIpc) is 2.34. The van der Waals surface area contributed by atoms with E-state index in [2.05, 4.69) is 19.2 Å². The van der Waals surface area contributed by atoms with E-state index in [0.717, 1.165) is 18.9 Å². The third-order valence-electron chi connectivity index (χ3n) is 2.97. The van der Waals surface area contributed by atoms with E-state index >= 15 is 0 Å². The van der Waals surface area contributed by atoms with Crippen molar-refractivity contribution in [1.29, 1.82) is 0 Å². The van der Waals surface area contributed by atoms with Crippen molar-refractivity contribution >= 4 is 5.91 Å². The molecule has 0 rings (SSSR count). The number of unbranched alkanes of at least 4 members (excludes halogenated alkanes) is 5. The monoisotopic (exact) mass is 257 g/mol. The zero-order valence-corrected chi connectivity index (χ0v) is 12.5. The highest BCUT2D eigenvalue weighted by Crippen LogP contribution is 2.10. The molecule has 0 aliphatic carbocycles. The van der Waals surface area contributed by atoms with Crippen LogP contribution >= 0.6 is 0 Å². The molecular formula is C15H31NO2. The molecule has 0 radical (unpaired) electrons. The van der Waals surface area contributed by atoms with Gasteiger partial charge in [0.1, 0.15) is 6.61 Å². The zero-order chi connectivity index (χ0) is 13.6. The summed E-state index contributed by atoms with van der Waals surface area (Å²) in [5, 5.41) is 2.87. The molecule has 0 aromatic heterocycles. The minimum Gasteiger partial charge on any atom is -0.372 e.